The molecule has 0 spiro atoms. The van der Waals surface area contributed by atoms with E-state index in [2.05, 4.69) is 4.98 Å². The second-order valence-electron chi connectivity index (χ2n) is 2.59. The molecule has 1 atom stereocenters. The van der Waals surface area contributed by atoms with Crippen LogP contribution in [0.5, 0.6) is 5.88 Å². The molecule has 72 valence electrons. The Kier molecular flexibility index (Phi) is 3.48. The third-order valence-corrected chi connectivity index (χ3v) is 1.90. The van der Waals surface area contributed by atoms with Crippen molar-refractivity contribution in [1.29, 1.82) is 0 Å². The lowest BCUT2D eigenvalue weighted by atomic mass is 10.1. The van der Waals surface area contributed by atoms with E-state index in [1.54, 1.807) is 6.07 Å². The second-order valence-corrected chi connectivity index (χ2v) is 3.03. The fourth-order valence-electron chi connectivity index (χ4n) is 1.01. The first kappa shape index (κ1) is 10.2. The standard InChI is InChI=1S/C8H12ClN3O/c1-13-8-6(7(11)3-10)2-5(9)4-12-8/h2,4,7H,3,10-11H2,1H3/t7-/m0/s1. The lowest BCUT2D eigenvalue weighted by Gasteiger charge is -2.12. The van der Waals surface area contributed by atoms with Crippen molar-refractivity contribution in [3.8, 4) is 5.88 Å². The highest BCUT2D eigenvalue weighted by molar-refractivity contribution is 6.30. The quantitative estimate of drug-likeness (QED) is 0.755. The summed E-state index contributed by atoms with van der Waals surface area (Å²) < 4.78 is 5.02. The number of methoxy groups -OCH3 is 1. The van der Waals surface area contributed by atoms with Gasteiger partial charge in [0.25, 0.3) is 0 Å². The van der Waals surface area contributed by atoms with Gasteiger partial charge in [-0.05, 0) is 6.07 Å². The van der Waals surface area contributed by atoms with Crippen LogP contribution in [0.4, 0.5) is 0 Å². The third-order valence-electron chi connectivity index (χ3n) is 1.69. The van der Waals surface area contributed by atoms with Crippen LogP contribution in [0.3, 0.4) is 0 Å². The number of hydrogen-bond donors (Lipinski definition) is 2. The van der Waals surface area contributed by atoms with E-state index < -0.39 is 0 Å². The van der Waals surface area contributed by atoms with Crippen molar-refractivity contribution in [3.05, 3.63) is 22.8 Å². The van der Waals surface area contributed by atoms with Crippen molar-refractivity contribution in [2.24, 2.45) is 11.5 Å². The maximum atomic E-state index is 5.76. The monoisotopic (exact) mass is 201 g/mol. The molecule has 0 amide bonds. The minimum atomic E-state index is -0.291. The van der Waals surface area contributed by atoms with Gasteiger partial charge in [0.15, 0.2) is 0 Å². The van der Waals surface area contributed by atoms with Gasteiger partial charge in [0.05, 0.1) is 12.1 Å². The van der Waals surface area contributed by atoms with Gasteiger partial charge in [-0.1, -0.05) is 11.6 Å². The summed E-state index contributed by atoms with van der Waals surface area (Å²) in [5, 5.41) is 0.528. The Morgan fingerprint density at radius 3 is 2.92 bits per heavy atom. The van der Waals surface area contributed by atoms with E-state index in [1.165, 1.54) is 13.3 Å². The number of ether oxygens (including phenoxy) is 1. The Hall–Kier alpha value is -0.840. The number of nitrogens with two attached hydrogens (primary N) is 2. The summed E-state index contributed by atoms with van der Waals surface area (Å²) in [6.07, 6.45) is 1.51. The predicted octanol–water partition coefficient (Wildman–Crippen LogP) is 0.702. The smallest absolute Gasteiger partial charge is 0.217 e. The molecule has 0 aliphatic rings. The summed E-state index contributed by atoms with van der Waals surface area (Å²) in [5.74, 6) is 0.474. The molecule has 1 rings (SSSR count). The SMILES string of the molecule is COc1ncc(Cl)cc1[C@@H](N)CN. The van der Waals surface area contributed by atoms with Gasteiger partial charge in [0, 0.05) is 24.3 Å². The van der Waals surface area contributed by atoms with E-state index in [0.29, 0.717) is 17.4 Å². The van der Waals surface area contributed by atoms with Gasteiger partial charge in [-0.15, -0.1) is 0 Å². The lowest BCUT2D eigenvalue weighted by molar-refractivity contribution is 0.389. The van der Waals surface area contributed by atoms with Gasteiger partial charge < -0.3 is 16.2 Å². The van der Waals surface area contributed by atoms with E-state index >= 15 is 0 Å². The zero-order valence-corrected chi connectivity index (χ0v) is 8.08. The van der Waals surface area contributed by atoms with Gasteiger partial charge >= 0.3 is 0 Å². The molecule has 13 heavy (non-hydrogen) atoms. The molecule has 1 aromatic heterocycles. The Labute approximate surface area is 81.8 Å². The van der Waals surface area contributed by atoms with Gasteiger partial charge in [0.2, 0.25) is 5.88 Å². The maximum Gasteiger partial charge on any atom is 0.217 e. The summed E-state index contributed by atoms with van der Waals surface area (Å²) in [7, 11) is 1.53. The number of halogens is 1. The molecule has 0 saturated heterocycles. The van der Waals surface area contributed by atoms with Crippen LogP contribution in [0.25, 0.3) is 0 Å². The fourth-order valence-corrected chi connectivity index (χ4v) is 1.17. The van der Waals surface area contributed by atoms with Crippen LogP contribution in [0.1, 0.15) is 11.6 Å². The van der Waals surface area contributed by atoms with Gasteiger partial charge in [-0.2, -0.15) is 0 Å². The first-order valence-corrected chi connectivity index (χ1v) is 4.22. The second kappa shape index (κ2) is 4.41. The van der Waals surface area contributed by atoms with Crippen molar-refractivity contribution in [1.82, 2.24) is 4.98 Å². The van der Waals surface area contributed by atoms with Crippen molar-refractivity contribution >= 4 is 11.6 Å². The minimum absolute atomic E-state index is 0.291. The average molecular weight is 202 g/mol. The maximum absolute atomic E-state index is 5.76. The number of pyridine rings is 1. The summed E-state index contributed by atoms with van der Waals surface area (Å²) in [6.45, 7) is 0.332. The van der Waals surface area contributed by atoms with E-state index in [-0.39, 0.29) is 6.04 Å². The zero-order chi connectivity index (χ0) is 9.84. The molecule has 4 nitrogen and oxygen atoms in total. The topological polar surface area (TPSA) is 74.2 Å². The van der Waals surface area contributed by atoms with E-state index in [0.717, 1.165) is 5.56 Å². The van der Waals surface area contributed by atoms with Crippen LogP contribution in [0.2, 0.25) is 5.02 Å². The van der Waals surface area contributed by atoms with Crippen LogP contribution in [-0.2, 0) is 0 Å². The summed E-state index contributed by atoms with van der Waals surface area (Å²) in [4.78, 5) is 3.98. The molecule has 1 aromatic rings. The molecule has 0 bridgehead atoms. The molecular formula is C8H12ClN3O. The highest BCUT2D eigenvalue weighted by Crippen LogP contribution is 2.23. The molecule has 0 unspecified atom stereocenters. The van der Waals surface area contributed by atoms with Crippen LogP contribution < -0.4 is 16.2 Å². The predicted molar refractivity (Wildman–Crippen MR) is 51.8 cm³/mol. The van der Waals surface area contributed by atoms with Crippen molar-refractivity contribution in [2.45, 2.75) is 6.04 Å². The van der Waals surface area contributed by atoms with Gasteiger partial charge in [0.1, 0.15) is 0 Å². The van der Waals surface area contributed by atoms with Crippen LogP contribution >= 0.6 is 11.6 Å². The largest absolute Gasteiger partial charge is 0.481 e. The molecule has 1 heterocycles. The first-order valence-electron chi connectivity index (χ1n) is 3.84. The number of hydrogen-bond acceptors (Lipinski definition) is 4. The molecule has 0 aliphatic carbocycles. The summed E-state index contributed by atoms with van der Waals surface area (Å²) in [6, 6.07) is 1.42. The number of aromatic nitrogens is 1. The summed E-state index contributed by atoms with van der Waals surface area (Å²) in [5.41, 5.74) is 11.9. The Morgan fingerprint density at radius 2 is 2.38 bits per heavy atom. The van der Waals surface area contributed by atoms with Crippen molar-refractivity contribution in [3.63, 3.8) is 0 Å². The first-order chi connectivity index (χ1) is 6.19. The fraction of sp³-hybridized carbons (Fsp3) is 0.375. The average Bonchev–Trinajstić information content (AvgIpc) is 2.16. The zero-order valence-electron chi connectivity index (χ0n) is 7.33. The highest BCUT2D eigenvalue weighted by Gasteiger charge is 2.11. The van der Waals surface area contributed by atoms with Crippen LogP contribution in [0, 0.1) is 0 Å². The number of nitrogens with zero attached hydrogens (tertiary/aromatic N) is 1. The highest BCUT2D eigenvalue weighted by atomic mass is 35.5. The molecule has 0 fully saturated rings. The van der Waals surface area contributed by atoms with E-state index in [4.69, 9.17) is 27.8 Å². The molecular weight excluding hydrogens is 190 g/mol. The number of rotatable bonds is 3. The Balaban J connectivity index is 3.07. The van der Waals surface area contributed by atoms with Crippen LogP contribution in [-0.4, -0.2) is 18.6 Å². The minimum Gasteiger partial charge on any atom is -0.481 e. The van der Waals surface area contributed by atoms with Crippen molar-refractivity contribution < 1.29 is 4.74 Å². The normalized spacial score (nSPS) is 12.6. The van der Waals surface area contributed by atoms with Gasteiger partial charge in [-0.25, -0.2) is 4.98 Å². The molecule has 5 heteroatoms. The molecule has 0 radical (unpaired) electrons. The molecule has 4 N–H and O–H groups in total. The molecule has 0 aromatic carbocycles. The molecule has 0 saturated carbocycles. The third kappa shape index (κ3) is 2.30. The van der Waals surface area contributed by atoms with E-state index in [1.807, 2.05) is 0 Å². The molecule has 0 aliphatic heterocycles. The van der Waals surface area contributed by atoms with Crippen molar-refractivity contribution in [2.75, 3.05) is 13.7 Å². The van der Waals surface area contributed by atoms with E-state index in [9.17, 15) is 0 Å². The Bertz CT molecular complexity index is 293. The van der Waals surface area contributed by atoms with Gasteiger partial charge in [-0.3, -0.25) is 0 Å². The lowest BCUT2D eigenvalue weighted by Crippen LogP contribution is -2.21. The Morgan fingerprint density at radius 1 is 1.69 bits per heavy atom. The van der Waals surface area contributed by atoms with Crippen LogP contribution in [0.15, 0.2) is 12.3 Å². The summed E-state index contributed by atoms with van der Waals surface area (Å²) >= 11 is 5.76.